The minimum atomic E-state index is -0.553. The van der Waals surface area contributed by atoms with Gasteiger partial charge in [-0.15, -0.1) is 0 Å². The molecule has 0 radical (unpaired) electrons. The summed E-state index contributed by atoms with van der Waals surface area (Å²) in [6, 6.07) is 13.4. The highest BCUT2D eigenvalue weighted by molar-refractivity contribution is 5.67. The van der Waals surface area contributed by atoms with Gasteiger partial charge in [-0.25, -0.2) is 0 Å². The molecule has 2 aromatic carbocycles. The van der Waals surface area contributed by atoms with Gasteiger partial charge in [0.1, 0.15) is 18.0 Å². The summed E-state index contributed by atoms with van der Waals surface area (Å²) in [5.74, 6) is 1.63. The van der Waals surface area contributed by atoms with Crippen LogP contribution in [0.15, 0.2) is 40.9 Å². The molecule has 8 nitrogen and oxygen atoms in total. The zero-order valence-electron chi connectivity index (χ0n) is 19.5. The summed E-state index contributed by atoms with van der Waals surface area (Å²) in [4.78, 5) is 6.66. The summed E-state index contributed by atoms with van der Waals surface area (Å²) in [7, 11) is 0. The summed E-state index contributed by atoms with van der Waals surface area (Å²) in [5.41, 5.74) is 4.28. The Kier molecular flexibility index (Phi) is 5.86. The van der Waals surface area contributed by atoms with Gasteiger partial charge >= 0.3 is 0 Å². The van der Waals surface area contributed by atoms with Crippen LogP contribution in [0.3, 0.4) is 0 Å². The number of aliphatic hydroxyl groups excluding tert-OH is 2. The zero-order valence-corrected chi connectivity index (χ0v) is 19.5. The first-order chi connectivity index (χ1) is 16.4. The molecule has 0 saturated carbocycles. The van der Waals surface area contributed by atoms with Crippen molar-refractivity contribution in [1.82, 2.24) is 15.0 Å². The number of likely N-dealkylation sites (tertiary alicyclic amines) is 1. The molecule has 2 N–H and O–H groups in total. The molecule has 1 fully saturated rings. The van der Waals surface area contributed by atoms with E-state index in [1.807, 2.05) is 43.9 Å². The van der Waals surface area contributed by atoms with Gasteiger partial charge in [-0.05, 0) is 68.9 Å². The molecule has 1 aliphatic heterocycles. The second-order valence-electron chi connectivity index (χ2n) is 9.39. The van der Waals surface area contributed by atoms with E-state index in [4.69, 9.17) is 9.26 Å². The van der Waals surface area contributed by atoms with Crippen molar-refractivity contribution in [2.24, 2.45) is 5.92 Å². The third-order valence-corrected chi connectivity index (χ3v) is 6.77. The van der Waals surface area contributed by atoms with E-state index in [9.17, 15) is 15.5 Å². The first-order valence-corrected chi connectivity index (χ1v) is 11.6. The first-order valence-electron chi connectivity index (χ1n) is 11.6. The molecule has 1 saturated heterocycles. The highest BCUT2D eigenvalue weighted by Crippen LogP contribution is 2.51. The maximum atomic E-state index is 10.6. The van der Waals surface area contributed by atoms with Crippen LogP contribution in [0.1, 0.15) is 49.9 Å². The molecule has 0 spiro atoms. The van der Waals surface area contributed by atoms with E-state index in [0.29, 0.717) is 35.0 Å². The fourth-order valence-corrected chi connectivity index (χ4v) is 5.36. The standard InChI is InChI=1S/C26H28N4O4/c1-14(2)33-22-8-7-16(9-18(22)12-27)26-28-25(29-34-26)20-6-4-5-19-21(20)10-17-11-23(32)30(24(17)19)15(3)13-31/h4-9,14-15,17,23-24,31-32H,10-11,13H2,1-3H3/t15-,17?,23?,24?/m1/s1. The van der Waals surface area contributed by atoms with Crippen molar-refractivity contribution in [2.45, 2.75) is 58.0 Å². The lowest BCUT2D eigenvalue weighted by molar-refractivity contribution is -0.0248. The smallest absolute Gasteiger partial charge is 0.258 e. The summed E-state index contributed by atoms with van der Waals surface area (Å²) < 4.78 is 11.3. The highest BCUT2D eigenvalue weighted by atomic mass is 16.5. The van der Waals surface area contributed by atoms with E-state index in [-0.39, 0.29) is 30.7 Å². The number of rotatable bonds is 6. The number of nitriles is 1. The van der Waals surface area contributed by atoms with Gasteiger partial charge in [-0.2, -0.15) is 10.2 Å². The molecule has 3 aromatic rings. The number of hydrogen-bond acceptors (Lipinski definition) is 8. The van der Waals surface area contributed by atoms with Crippen LogP contribution < -0.4 is 4.74 Å². The van der Waals surface area contributed by atoms with Gasteiger partial charge in [-0.1, -0.05) is 23.4 Å². The highest BCUT2D eigenvalue weighted by Gasteiger charge is 2.48. The Morgan fingerprint density at radius 1 is 1.26 bits per heavy atom. The number of aromatic nitrogens is 2. The van der Waals surface area contributed by atoms with Gasteiger partial charge in [0.05, 0.1) is 18.3 Å². The lowest BCUT2D eigenvalue weighted by Gasteiger charge is -2.32. The third kappa shape index (κ3) is 3.76. The number of nitrogens with zero attached hydrogens (tertiary/aromatic N) is 4. The molecule has 34 heavy (non-hydrogen) atoms. The lowest BCUT2D eigenvalue weighted by atomic mass is 10.0. The van der Waals surface area contributed by atoms with Gasteiger partial charge in [0.15, 0.2) is 0 Å². The molecule has 2 heterocycles. The maximum absolute atomic E-state index is 10.6. The minimum absolute atomic E-state index is 0.00477. The Labute approximate surface area is 198 Å². The predicted octanol–water partition coefficient (Wildman–Crippen LogP) is 3.68. The zero-order chi connectivity index (χ0) is 24.0. The van der Waals surface area contributed by atoms with Crippen LogP contribution >= 0.6 is 0 Å². The molecule has 0 amide bonds. The molecule has 0 bridgehead atoms. The Balaban J connectivity index is 1.48. The summed E-state index contributed by atoms with van der Waals surface area (Å²) in [6.45, 7) is 5.76. The molecular weight excluding hydrogens is 432 g/mol. The summed E-state index contributed by atoms with van der Waals surface area (Å²) >= 11 is 0. The number of ether oxygens (including phenoxy) is 1. The van der Waals surface area contributed by atoms with Crippen LogP contribution in [0.25, 0.3) is 22.8 Å². The number of hydrogen-bond donors (Lipinski definition) is 2. The summed E-state index contributed by atoms with van der Waals surface area (Å²) in [5, 5.41) is 34.1. The van der Waals surface area contributed by atoms with Gasteiger partial charge in [0.2, 0.25) is 5.82 Å². The van der Waals surface area contributed by atoms with Crippen molar-refractivity contribution in [3.05, 3.63) is 53.1 Å². The van der Waals surface area contributed by atoms with Crippen molar-refractivity contribution in [2.75, 3.05) is 6.61 Å². The first kappa shape index (κ1) is 22.5. The van der Waals surface area contributed by atoms with E-state index >= 15 is 0 Å². The van der Waals surface area contributed by atoms with Gasteiger partial charge in [0.25, 0.3) is 5.89 Å². The topological polar surface area (TPSA) is 116 Å². The van der Waals surface area contributed by atoms with E-state index in [2.05, 4.69) is 22.3 Å². The van der Waals surface area contributed by atoms with Gasteiger partial charge in [-0.3, -0.25) is 4.90 Å². The van der Waals surface area contributed by atoms with E-state index in [1.165, 1.54) is 0 Å². The van der Waals surface area contributed by atoms with Crippen molar-refractivity contribution < 1.29 is 19.5 Å². The van der Waals surface area contributed by atoms with Crippen molar-refractivity contribution >= 4 is 0 Å². The Morgan fingerprint density at radius 3 is 2.82 bits per heavy atom. The maximum Gasteiger partial charge on any atom is 0.258 e. The van der Waals surface area contributed by atoms with Crippen LogP contribution in [0.4, 0.5) is 0 Å². The Bertz CT molecular complexity index is 1240. The SMILES string of the molecule is CC(C)Oc1ccc(-c2nc(-c3cccc4c3CC3CC(O)N([C@H](C)CO)C43)no2)cc1C#N. The molecule has 1 aliphatic carbocycles. The van der Waals surface area contributed by atoms with Gasteiger partial charge < -0.3 is 19.5 Å². The number of aliphatic hydroxyl groups is 2. The van der Waals surface area contributed by atoms with Crippen LogP contribution in [-0.2, 0) is 6.42 Å². The minimum Gasteiger partial charge on any atom is -0.490 e. The van der Waals surface area contributed by atoms with E-state index in [1.54, 1.807) is 12.1 Å². The average Bonchev–Trinajstić information content (AvgIpc) is 3.52. The monoisotopic (exact) mass is 460 g/mol. The normalized spacial score (nSPS) is 22.4. The van der Waals surface area contributed by atoms with Crippen LogP contribution in [0, 0.1) is 17.2 Å². The number of fused-ring (bicyclic) bond motifs is 3. The molecular formula is C26H28N4O4. The summed E-state index contributed by atoms with van der Waals surface area (Å²) in [6.07, 6.45) is 0.890. The number of benzene rings is 2. The molecule has 3 unspecified atom stereocenters. The van der Waals surface area contributed by atoms with Crippen molar-refractivity contribution in [3.63, 3.8) is 0 Å². The Morgan fingerprint density at radius 2 is 2.09 bits per heavy atom. The Hall–Kier alpha value is -3.25. The second-order valence-corrected chi connectivity index (χ2v) is 9.39. The predicted molar refractivity (Wildman–Crippen MR) is 125 cm³/mol. The molecule has 4 atom stereocenters. The fraction of sp³-hybridized carbons (Fsp3) is 0.423. The van der Waals surface area contributed by atoms with Crippen LogP contribution in [-0.4, -0.2) is 50.2 Å². The largest absolute Gasteiger partial charge is 0.490 e. The van der Waals surface area contributed by atoms with E-state index in [0.717, 1.165) is 23.1 Å². The molecule has 1 aromatic heterocycles. The second kappa shape index (κ2) is 8.84. The van der Waals surface area contributed by atoms with Crippen LogP contribution in [0.2, 0.25) is 0 Å². The van der Waals surface area contributed by atoms with Crippen molar-refractivity contribution in [1.29, 1.82) is 5.26 Å². The van der Waals surface area contributed by atoms with Crippen LogP contribution in [0.5, 0.6) is 5.75 Å². The molecule has 8 heteroatoms. The molecule has 2 aliphatic rings. The lowest BCUT2D eigenvalue weighted by Crippen LogP contribution is -2.41. The quantitative estimate of drug-likeness (QED) is 0.572. The van der Waals surface area contributed by atoms with E-state index < -0.39 is 6.23 Å². The molecule has 176 valence electrons. The third-order valence-electron chi connectivity index (χ3n) is 6.77. The average molecular weight is 461 g/mol. The molecule has 5 rings (SSSR count). The van der Waals surface area contributed by atoms with Gasteiger partial charge in [0, 0.05) is 23.2 Å². The van der Waals surface area contributed by atoms with Crippen molar-refractivity contribution in [3.8, 4) is 34.7 Å². The fourth-order valence-electron chi connectivity index (χ4n) is 5.36.